The summed E-state index contributed by atoms with van der Waals surface area (Å²) in [6.45, 7) is 0. The van der Waals surface area contributed by atoms with Crippen molar-refractivity contribution in [3.63, 3.8) is 0 Å². The molecule has 0 aliphatic heterocycles. The number of phenols is 1. The second-order valence-corrected chi connectivity index (χ2v) is 8.83. The Bertz CT molecular complexity index is 1110. The molecule has 2 aromatic rings. The third-order valence-electron chi connectivity index (χ3n) is 5.45. The van der Waals surface area contributed by atoms with Gasteiger partial charge in [-0.05, 0) is 24.1 Å². The van der Waals surface area contributed by atoms with Gasteiger partial charge in [0.15, 0.2) is 0 Å². The van der Waals surface area contributed by atoms with E-state index in [9.17, 15) is 34.2 Å². The number of aromatic nitrogens is 2. The van der Waals surface area contributed by atoms with Crippen LogP contribution in [0.15, 0.2) is 36.8 Å². The van der Waals surface area contributed by atoms with E-state index in [1.54, 1.807) is 0 Å². The predicted octanol–water partition coefficient (Wildman–Crippen LogP) is -2.04. The molecular formula is C23H31N7O7S. The molecule has 4 atom stereocenters. The van der Waals surface area contributed by atoms with Gasteiger partial charge in [-0.3, -0.25) is 19.2 Å². The highest BCUT2D eigenvalue weighted by molar-refractivity contribution is 7.80. The SMILES string of the molecule is NC(=O)CCC(NC(=O)C(N)Cc1cnc[nH]1)C(=O)NC(Cc1ccc(O)cc1)C(=O)NC(CS)C(=O)O. The number of aromatic amines is 1. The Morgan fingerprint density at radius 2 is 1.55 bits per heavy atom. The Balaban J connectivity index is 2.21. The van der Waals surface area contributed by atoms with Crippen LogP contribution in [0.4, 0.5) is 0 Å². The largest absolute Gasteiger partial charge is 0.508 e. The number of hydrogen-bond donors (Lipinski definition) is 9. The van der Waals surface area contributed by atoms with Crippen LogP contribution < -0.4 is 27.4 Å². The van der Waals surface area contributed by atoms with Gasteiger partial charge in [0.05, 0.1) is 12.4 Å². The molecule has 10 N–H and O–H groups in total. The molecule has 206 valence electrons. The van der Waals surface area contributed by atoms with Gasteiger partial charge in [-0.25, -0.2) is 9.78 Å². The number of nitrogens with one attached hydrogen (secondary N) is 4. The first-order valence-electron chi connectivity index (χ1n) is 11.5. The summed E-state index contributed by atoms with van der Waals surface area (Å²) in [6, 6.07) is 0.885. The van der Waals surface area contributed by atoms with Gasteiger partial charge in [0.25, 0.3) is 0 Å². The molecule has 1 aromatic heterocycles. The lowest BCUT2D eigenvalue weighted by Gasteiger charge is -2.25. The summed E-state index contributed by atoms with van der Waals surface area (Å²) in [6.07, 6.45) is 2.52. The fourth-order valence-corrected chi connectivity index (χ4v) is 3.61. The minimum absolute atomic E-state index is 0.0134. The number of thiol groups is 1. The average molecular weight is 550 g/mol. The Labute approximate surface area is 223 Å². The first kappa shape index (κ1) is 30.1. The van der Waals surface area contributed by atoms with Gasteiger partial charge in [0, 0.05) is 36.9 Å². The van der Waals surface area contributed by atoms with Crippen molar-refractivity contribution in [1.82, 2.24) is 25.9 Å². The highest BCUT2D eigenvalue weighted by Crippen LogP contribution is 2.12. The number of amides is 4. The lowest BCUT2D eigenvalue weighted by atomic mass is 10.0. The molecule has 0 bridgehead atoms. The molecule has 4 unspecified atom stereocenters. The molecule has 1 aromatic carbocycles. The smallest absolute Gasteiger partial charge is 0.327 e. The molecule has 0 radical (unpaired) electrons. The number of hydrogen-bond acceptors (Lipinski definition) is 9. The number of carbonyl (C=O) groups is 5. The maximum atomic E-state index is 13.2. The molecule has 2 rings (SSSR count). The van der Waals surface area contributed by atoms with Crippen molar-refractivity contribution >= 4 is 42.2 Å². The normalized spacial score (nSPS) is 13.9. The number of rotatable bonds is 15. The van der Waals surface area contributed by atoms with Gasteiger partial charge in [-0.1, -0.05) is 12.1 Å². The van der Waals surface area contributed by atoms with Crippen molar-refractivity contribution in [3.05, 3.63) is 48.0 Å². The van der Waals surface area contributed by atoms with Crippen molar-refractivity contribution < 1.29 is 34.2 Å². The van der Waals surface area contributed by atoms with E-state index in [1.807, 2.05) is 0 Å². The minimum atomic E-state index is -1.32. The third kappa shape index (κ3) is 9.74. The molecule has 0 saturated heterocycles. The second-order valence-electron chi connectivity index (χ2n) is 8.47. The van der Waals surface area contributed by atoms with Crippen LogP contribution in [0.1, 0.15) is 24.1 Å². The zero-order valence-corrected chi connectivity index (χ0v) is 21.2. The first-order chi connectivity index (χ1) is 18.0. The molecule has 0 aliphatic rings. The zero-order chi connectivity index (χ0) is 28.2. The summed E-state index contributed by atoms with van der Waals surface area (Å²) >= 11 is 3.93. The van der Waals surface area contributed by atoms with E-state index >= 15 is 0 Å². The Kier molecular flexibility index (Phi) is 11.6. The Morgan fingerprint density at radius 1 is 0.947 bits per heavy atom. The quantitative estimate of drug-likeness (QED) is 0.111. The van der Waals surface area contributed by atoms with E-state index in [-0.39, 0.29) is 37.2 Å². The highest BCUT2D eigenvalue weighted by atomic mass is 32.1. The van der Waals surface area contributed by atoms with Crippen LogP contribution in [0.2, 0.25) is 0 Å². The van der Waals surface area contributed by atoms with Crippen LogP contribution in [0.3, 0.4) is 0 Å². The van der Waals surface area contributed by atoms with Crippen molar-refractivity contribution in [1.29, 1.82) is 0 Å². The topological polar surface area (TPSA) is 243 Å². The van der Waals surface area contributed by atoms with Crippen LogP contribution in [0.5, 0.6) is 5.75 Å². The molecule has 1 heterocycles. The number of aromatic hydroxyl groups is 1. The van der Waals surface area contributed by atoms with E-state index in [0.717, 1.165) is 0 Å². The van der Waals surface area contributed by atoms with Gasteiger partial charge in [0.1, 0.15) is 23.9 Å². The third-order valence-corrected chi connectivity index (χ3v) is 5.82. The van der Waals surface area contributed by atoms with E-state index in [2.05, 4.69) is 38.5 Å². The molecule has 0 aliphatic carbocycles. The molecule has 38 heavy (non-hydrogen) atoms. The molecule has 0 spiro atoms. The molecule has 0 fully saturated rings. The van der Waals surface area contributed by atoms with Crippen molar-refractivity contribution in [2.24, 2.45) is 11.5 Å². The first-order valence-corrected chi connectivity index (χ1v) is 12.2. The summed E-state index contributed by atoms with van der Waals surface area (Å²) < 4.78 is 0. The molecular weight excluding hydrogens is 518 g/mol. The molecule has 14 nitrogen and oxygen atoms in total. The van der Waals surface area contributed by atoms with Crippen molar-refractivity contribution in [2.75, 3.05) is 5.75 Å². The number of phenolic OH excluding ortho intramolecular Hbond substituents is 1. The van der Waals surface area contributed by atoms with E-state index in [4.69, 9.17) is 11.5 Å². The van der Waals surface area contributed by atoms with Gasteiger partial charge >= 0.3 is 5.97 Å². The summed E-state index contributed by atoms with van der Waals surface area (Å²) in [4.78, 5) is 68.2. The summed E-state index contributed by atoms with van der Waals surface area (Å²) in [5.74, 6) is -4.57. The van der Waals surface area contributed by atoms with E-state index < -0.39 is 53.8 Å². The summed E-state index contributed by atoms with van der Waals surface area (Å²) in [7, 11) is 0. The number of H-pyrrole nitrogens is 1. The lowest BCUT2D eigenvalue weighted by Crippen LogP contribution is -2.58. The van der Waals surface area contributed by atoms with Crippen LogP contribution in [-0.4, -0.2) is 79.7 Å². The van der Waals surface area contributed by atoms with Crippen LogP contribution in [0, 0.1) is 0 Å². The number of carboxylic acid groups (broad SMARTS) is 1. The number of aliphatic carboxylic acids is 1. The fraction of sp³-hybridized carbons (Fsp3) is 0.391. The number of imidazole rings is 1. The molecule has 4 amide bonds. The Hall–Kier alpha value is -4.11. The van der Waals surface area contributed by atoms with Gasteiger partial charge in [0.2, 0.25) is 23.6 Å². The van der Waals surface area contributed by atoms with Gasteiger partial charge in [-0.15, -0.1) is 0 Å². The molecule has 15 heteroatoms. The Morgan fingerprint density at radius 3 is 2.11 bits per heavy atom. The van der Waals surface area contributed by atoms with Crippen LogP contribution in [-0.2, 0) is 36.8 Å². The zero-order valence-electron chi connectivity index (χ0n) is 20.3. The average Bonchev–Trinajstić information content (AvgIpc) is 3.38. The summed E-state index contributed by atoms with van der Waals surface area (Å²) in [5, 5.41) is 26.1. The lowest BCUT2D eigenvalue weighted by molar-refractivity contribution is -0.141. The second kappa shape index (κ2) is 14.6. The summed E-state index contributed by atoms with van der Waals surface area (Å²) in [5.41, 5.74) is 12.3. The fourth-order valence-electron chi connectivity index (χ4n) is 3.37. The molecule has 0 saturated carbocycles. The number of nitrogens with zero attached hydrogens (tertiary/aromatic N) is 1. The number of nitrogens with two attached hydrogens (primary N) is 2. The number of carbonyl (C=O) groups excluding carboxylic acids is 4. The number of benzene rings is 1. The monoisotopic (exact) mass is 549 g/mol. The number of carboxylic acids is 1. The van der Waals surface area contributed by atoms with Gasteiger partial charge in [-0.2, -0.15) is 12.6 Å². The number of primary amides is 1. The van der Waals surface area contributed by atoms with Crippen LogP contribution in [0.25, 0.3) is 0 Å². The highest BCUT2D eigenvalue weighted by Gasteiger charge is 2.30. The maximum Gasteiger partial charge on any atom is 0.327 e. The van der Waals surface area contributed by atoms with Crippen molar-refractivity contribution in [3.8, 4) is 5.75 Å². The predicted molar refractivity (Wildman–Crippen MR) is 138 cm³/mol. The van der Waals surface area contributed by atoms with E-state index in [0.29, 0.717) is 11.3 Å². The van der Waals surface area contributed by atoms with E-state index in [1.165, 1.54) is 36.8 Å². The van der Waals surface area contributed by atoms with Gasteiger partial charge < -0.3 is 42.6 Å². The van der Waals surface area contributed by atoms with Crippen LogP contribution >= 0.6 is 12.6 Å². The minimum Gasteiger partial charge on any atom is -0.508 e. The maximum absolute atomic E-state index is 13.2. The van der Waals surface area contributed by atoms with Crippen molar-refractivity contribution in [2.45, 2.75) is 49.9 Å². The standard InChI is InChI=1S/C23H31N7O7S/c24-15(8-13-9-26-11-27-13)20(33)28-16(5-6-19(25)32)21(34)29-17(7-12-1-3-14(31)4-2-12)22(35)30-18(10-38)23(36)37/h1-4,9,11,15-18,31,38H,5-8,10,24H2,(H2,25,32)(H,26,27)(H,28,33)(H,29,34)(H,30,35)(H,36,37).